The monoisotopic (exact) mass is 501 g/mol. The van der Waals surface area contributed by atoms with Crippen molar-refractivity contribution in [3.63, 3.8) is 0 Å². The fourth-order valence-corrected chi connectivity index (χ4v) is 3.77. The highest BCUT2D eigenvalue weighted by molar-refractivity contribution is 6.30. The Morgan fingerprint density at radius 2 is 1.83 bits per heavy atom. The van der Waals surface area contributed by atoms with Crippen LogP contribution in [0.3, 0.4) is 0 Å². The van der Waals surface area contributed by atoms with Crippen LogP contribution >= 0.6 is 11.6 Å². The summed E-state index contributed by atoms with van der Waals surface area (Å²) in [5.74, 6) is -1.59. The third kappa shape index (κ3) is 6.54. The van der Waals surface area contributed by atoms with Gasteiger partial charge in [0.15, 0.2) is 0 Å². The molecular weight excluding hydrogens is 477 g/mol. The molecule has 1 amide bonds. The molecule has 1 heterocycles. The van der Waals surface area contributed by atoms with Gasteiger partial charge >= 0.3 is 0 Å². The van der Waals surface area contributed by atoms with E-state index in [9.17, 15) is 24.3 Å². The van der Waals surface area contributed by atoms with E-state index in [-0.39, 0.29) is 29.3 Å². The largest absolute Gasteiger partial charge is 0.411 e. The number of aryl methyl sites for hydroxylation is 1. The van der Waals surface area contributed by atoms with E-state index in [1.165, 1.54) is 29.0 Å². The van der Waals surface area contributed by atoms with Gasteiger partial charge in [0.2, 0.25) is 5.56 Å². The smallest absolute Gasteiger partial charge is 0.251 e. The van der Waals surface area contributed by atoms with Gasteiger partial charge in [-0.1, -0.05) is 35.0 Å². The summed E-state index contributed by atoms with van der Waals surface area (Å²) in [5.41, 5.74) is 1.76. The summed E-state index contributed by atoms with van der Waals surface area (Å²) in [6.07, 6.45) is 0.548. The Morgan fingerprint density at radius 3 is 2.43 bits per heavy atom. The minimum absolute atomic E-state index is 0.0848. The molecule has 2 aromatic carbocycles. The van der Waals surface area contributed by atoms with Crippen LogP contribution in [0.1, 0.15) is 39.4 Å². The van der Waals surface area contributed by atoms with E-state index in [0.717, 1.165) is 0 Å². The molecule has 3 aromatic rings. The molecule has 0 spiro atoms. The lowest BCUT2D eigenvalue weighted by atomic mass is 9.85. The van der Waals surface area contributed by atoms with E-state index in [1.807, 2.05) is 0 Å². The van der Waals surface area contributed by atoms with E-state index >= 15 is 0 Å². The molecule has 0 saturated carbocycles. The maximum absolute atomic E-state index is 14.9. The maximum atomic E-state index is 14.9. The van der Waals surface area contributed by atoms with Crippen molar-refractivity contribution >= 4 is 23.2 Å². The lowest BCUT2D eigenvalue weighted by Crippen LogP contribution is -2.33. The fraction of sp³-hybridized carbons (Fsp3) is 0.240. The van der Waals surface area contributed by atoms with E-state index in [4.69, 9.17) is 16.7 Å². The predicted octanol–water partition coefficient (Wildman–Crippen LogP) is 2.66. The van der Waals surface area contributed by atoms with Crippen molar-refractivity contribution < 1.29 is 24.6 Å². The molecule has 1 aromatic heterocycles. The molecule has 0 fully saturated rings. The molecule has 0 aliphatic heterocycles. The molecule has 0 saturated heterocycles. The van der Waals surface area contributed by atoms with Crippen LogP contribution in [0, 0.1) is 5.82 Å². The summed E-state index contributed by atoms with van der Waals surface area (Å²) in [5, 5.41) is 34.2. The summed E-state index contributed by atoms with van der Waals surface area (Å²) in [4.78, 5) is 24.1. The molecule has 2 atom stereocenters. The number of nitrogens with one attached hydrogen (secondary N) is 1. The van der Waals surface area contributed by atoms with Crippen LogP contribution in [-0.2, 0) is 7.05 Å². The number of pyridine rings is 1. The molecule has 35 heavy (non-hydrogen) atoms. The van der Waals surface area contributed by atoms with Crippen molar-refractivity contribution in [1.82, 2.24) is 9.88 Å². The Balaban J connectivity index is 1.95. The number of aliphatic hydroxyl groups is 2. The molecular formula is C25H25ClFN3O5. The Labute approximate surface area is 205 Å². The minimum Gasteiger partial charge on any atom is -0.411 e. The van der Waals surface area contributed by atoms with Crippen molar-refractivity contribution in [1.29, 1.82) is 0 Å². The molecule has 0 bridgehead atoms. The number of amides is 1. The number of benzene rings is 2. The summed E-state index contributed by atoms with van der Waals surface area (Å²) in [6, 6.07) is 13.6. The number of rotatable bonds is 9. The molecule has 3 rings (SSSR count). The average molecular weight is 502 g/mol. The van der Waals surface area contributed by atoms with Crippen LogP contribution < -0.4 is 10.9 Å². The van der Waals surface area contributed by atoms with Crippen molar-refractivity contribution in [2.45, 2.75) is 18.4 Å². The second-order valence-electron chi connectivity index (χ2n) is 8.00. The van der Waals surface area contributed by atoms with Crippen molar-refractivity contribution in [3.05, 3.63) is 104 Å². The number of carbonyl (C=O) groups is 1. The number of hydrogen-bond acceptors (Lipinski definition) is 6. The molecule has 10 heteroatoms. The number of aliphatic hydroxyl groups excluding tert-OH is 2. The summed E-state index contributed by atoms with van der Waals surface area (Å²) in [6.45, 7) is -0.580. The topological polar surface area (TPSA) is 124 Å². The Bertz CT molecular complexity index is 1280. The fourth-order valence-electron chi connectivity index (χ4n) is 3.61. The van der Waals surface area contributed by atoms with Crippen LogP contribution in [0.2, 0.25) is 5.02 Å². The highest BCUT2D eigenvalue weighted by Gasteiger charge is 2.23. The Kier molecular flexibility index (Phi) is 8.75. The van der Waals surface area contributed by atoms with E-state index in [0.29, 0.717) is 22.3 Å². The van der Waals surface area contributed by atoms with E-state index < -0.39 is 30.4 Å². The average Bonchev–Trinajstić information content (AvgIpc) is 2.85. The number of aromatic nitrogens is 1. The van der Waals surface area contributed by atoms with Gasteiger partial charge in [-0.25, -0.2) is 4.39 Å². The van der Waals surface area contributed by atoms with Gasteiger partial charge in [0.25, 0.3) is 5.91 Å². The van der Waals surface area contributed by atoms with E-state index in [2.05, 4.69) is 10.5 Å². The van der Waals surface area contributed by atoms with Gasteiger partial charge < -0.3 is 25.3 Å². The normalized spacial score (nSPS) is 13.3. The van der Waals surface area contributed by atoms with Gasteiger partial charge in [0, 0.05) is 54.3 Å². The zero-order valence-electron chi connectivity index (χ0n) is 18.9. The standard InChI is InChI=1S/C25H25ClFN3O5/c1-30-13-17(6-9-24(30)33)23(29-35)11-21(20-8-7-18(26)10-22(20)27)15-2-4-16(5-3-15)25(34)28-12-19(32)14-31/h2-10,13,19,21,31-32,35H,11-12,14H2,1H3,(H,28,34)/t19-,21?/m1/s1. The van der Waals surface area contributed by atoms with Crippen molar-refractivity contribution in [2.75, 3.05) is 13.2 Å². The van der Waals surface area contributed by atoms with Crippen LogP contribution in [0.4, 0.5) is 4.39 Å². The Morgan fingerprint density at radius 1 is 1.14 bits per heavy atom. The SMILES string of the molecule is Cn1cc(C(CC(c2ccc(C(=O)NC[C@@H](O)CO)cc2)c2ccc(Cl)cc2F)=NO)ccc1=O. The second-order valence-corrected chi connectivity index (χ2v) is 8.44. The van der Waals surface area contributed by atoms with Gasteiger partial charge in [0.1, 0.15) is 5.82 Å². The van der Waals surface area contributed by atoms with Gasteiger partial charge in [-0.3, -0.25) is 9.59 Å². The van der Waals surface area contributed by atoms with Crippen molar-refractivity contribution in [2.24, 2.45) is 12.2 Å². The molecule has 8 nitrogen and oxygen atoms in total. The van der Waals surface area contributed by atoms with Crippen LogP contribution in [0.15, 0.2) is 70.7 Å². The number of halogens is 2. The molecule has 0 aliphatic rings. The lowest BCUT2D eigenvalue weighted by molar-refractivity contribution is 0.0802. The first-order chi connectivity index (χ1) is 16.7. The van der Waals surface area contributed by atoms with Crippen molar-refractivity contribution in [3.8, 4) is 0 Å². The second kappa shape index (κ2) is 11.7. The minimum atomic E-state index is -1.07. The molecule has 0 radical (unpaired) electrons. The third-order valence-corrected chi connectivity index (χ3v) is 5.79. The first kappa shape index (κ1) is 26.1. The quantitative estimate of drug-likeness (QED) is 0.204. The predicted molar refractivity (Wildman–Crippen MR) is 130 cm³/mol. The molecule has 4 N–H and O–H groups in total. The first-order valence-electron chi connectivity index (χ1n) is 10.7. The Hall–Kier alpha value is -3.53. The maximum Gasteiger partial charge on any atom is 0.251 e. The van der Waals surface area contributed by atoms with Gasteiger partial charge in [-0.05, 0) is 41.5 Å². The third-order valence-electron chi connectivity index (χ3n) is 5.56. The summed E-state index contributed by atoms with van der Waals surface area (Å²) < 4.78 is 16.3. The van der Waals surface area contributed by atoms with Crippen LogP contribution in [0.25, 0.3) is 0 Å². The molecule has 1 unspecified atom stereocenters. The number of nitrogens with zero attached hydrogens (tertiary/aromatic N) is 2. The van der Waals surface area contributed by atoms with Crippen LogP contribution in [0.5, 0.6) is 0 Å². The number of carbonyl (C=O) groups excluding carboxylic acids is 1. The highest BCUT2D eigenvalue weighted by atomic mass is 35.5. The number of hydrogen-bond donors (Lipinski definition) is 4. The van der Waals surface area contributed by atoms with E-state index in [1.54, 1.807) is 43.4 Å². The zero-order chi connectivity index (χ0) is 25.5. The summed E-state index contributed by atoms with van der Waals surface area (Å²) in [7, 11) is 1.57. The number of oxime groups is 1. The summed E-state index contributed by atoms with van der Waals surface area (Å²) >= 11 is 5.93. The molecule has 184 valence electrons. The van der Waals surface area contributed by atoms with Gasteiger partial charge in [0.05, 0.1) is 18.4 Å². The zero-order valence-corrected chi connectivity index (χ0v) is 19.6. The van der Waals surface area contributed by atoms with Gasteiger partial charge in [-0.15, -0.1) is 0 Å². The lowest BCUT2D eigenvalue weighted by Gasteiger charge is -2.20. The first-order valence-corrected chi connectivity index (χ1v) is 11.1. The highest BCUT2D eigenvalue weighted by Crippen LogP contribution is 2.33. The van der Waals surface area contributed by atoms with Gasteiger partial charge in [-0.2, -0.15) is 0 Å². The molecule has 0 aliphatic carbocycles. The van der Waals surface area contributed by atoms with Crippen LogP contribution in [-0.4, -0.2) is 50.9 Å².